The van der Waals surface area contributed by atoms with Crippen LogP contribution in [0.1, 0.15) is 23.5 Å². The Balaban J connectivity index is 2.24. The molecule has 0 spiro atoms. The molecule has 2 rings (SSSR count). The van der Waals surface area contributed by atoms with Crippen LogP contribution in [0.3, 0.4) is 0 Å². The number of sulfonamides is 1. The van der Waals surface area contributed by atoms with Crippen molar-refractivity contribution in [1.29, 1.82) is 0 Å². The molecule has 0 aliphatic heterocycles. The molecule has 0 aliphatic carbocycles. The summed E-state index contributed by atoms with van der Waals surface area (Å²) in [5, 5.41) is 0.502. The van der Waals surface area contributed by atoms with Crippen LogP contribution in [0, 0.1) is 10.5 Å². The van der Waals surface area contributed by atoms with E-state index in [9.17, 15) is 8.42 Å². The highest BCUT2D eigenvalue weighted by Gasteiger charge is 2.22. The minimum absolute atomic E-state index is 0.190. The van der Waals surface area contributed by atoms with E-state index in [-0.39, 0.29) is 10.9 Å². The normalized spacial score (nSPS) is 13.4. The second kappa shape index (κ2) is 6.27. The number of nitrogens with one attached hydrogen (secondary N) is 1. The van der Waals surface area contributed by atoms with Gasteiger partial charge in [0.15, 0.2) is 0 Å². The van der Waals surface area contributed by atoms with Crippen LogP contribution in [0.25, 0.3) is 0 Å². The number of rotatable bonds is 4. The molecule has 0 aliphatic rings. The number of nitrogens with zero attached hydrogens (tertiary/aromatic N) is 1. The monoisotopic (exact) mass is 442 g/mol. The van der Waals surface area contributed by atoms with E-state index in [4.69, 9.17) is 11.6 Å². The zero-order valence-electron chi connectivity index (χ0n) is 10.7. The van der Waals surface area contributed by atoms with E-state index in [2.05, 4.69) is 31.7 Å². The van der Waals surface area contributed by atoms with Crippen molar-refractivity contribution in [3.05, 3.63) is 43.4 Å². The fourth-order valence-electron chi connectivity index (χ4n) is 1.62. The molecule has 2 aromatic rings. The van der Waals surface area contributed by atoms with Crippen LogP contribution >= 0.6 is 45.7 Å². The quantitative estimate of drug-likeness (QED) is 0.734. The number of benzene rings is 1. The molecule has 0 amide bonds. The van der Waals surface area contributed by atoms with Crippen LogP contribution < -0.4 is 4.72 Å². The molecule has 108 valence electrons. The number of hydrogen-bond acceptors (Lipinski definition) is 4. The largest absolute Gasteiger partial charge is 0.241 e. The molecular weight excluding hydrogens is 431 g/mol. The van der Waals surface area contributed by atoms with Crippen molar-refractivity contribution in [2.24, 2.45) is 0 Å². The molecular formula is C12H12ClIN2O2S2. The van der Waals surface area contributed by atoms with E-state index in [1.54, 1.807) is 19.1 Å². The Morgan fingerprint density at radius 1 is 1.35 bits per heavy atom. The minimum atomic E-state index is -3.58. The summed E-state index contributed by atoms with van der Waals surface area (Å²) in [7, 11) is -3.58. The topological polar surface area (TPSA) is 59.1 Å². The molecule has 1 N–H and O–H groups in total. The molecule has 20 heavy (non-hydrogen) atoms. The van der Waals surface area contributed by atoms with Crippen molar-refractivity contribution in [1.82, 2.24) is 9.10 Å². The van der Waals surface area contributed by atoms with E-state index in [1.165, 1.54) is 23.7 Å². The first-order chi connectivity index (χ1) is 9.31. The number of hydrogen-bond donors (Lipinski definition) is 1. The van der Waals surface area contributed by atoms with Gasteiger partial charge in [0.25, 0.3) is 0 Å². The maximum absolute atomic E-state index is 12.3. The Morgan fingerprint density at radius 2 is 1.95 bits per heavy atom. The molecule has 1 aromatic carbocycles. The van der Waals surface area contributed by atoms with Gasteiger partial charge in [-0.1, -0.05) is 11.6 Å². The minimum Gasteiger partial charge on any atom is -0.207 e. The van der Waals surface area contributed by atoms with E-state index < -0.39 is 10.0 Å². The second-order valence-electron chi connectivity index (χ2n) is 4.23. The van der Waals surface area contributed by atoms with E-state index in [0.717, 1.165) is 14.1 Å². The summed E-state index contributed by atoms with van der Waals surface area (Å²) in [6.45, 7) is 3.74. The Bertz CT molecular complexity index is 714. The standard InChI is InChI=1S/C12H12ClIN2O2S2/c1-7(12-11(14)8(2)19-15-12)16-20(17,18)10-5-3-9(13)4-6-10/h3-7,16H,1-2H3. The predicted molar refractivity (Wildman–Crippen MR) is 89.8 cm³/mol. The highest BCUT2D eigenvalue weighted by atomic mass is 127. The molecule has 8 heteroatoms. The number of aryl methyl sites for hydroxylation is 1. The van der Waals surface area contributed by atoms with Gasteiger partial charge in [-0.25, -0.2) is 13.1 Å². The molecule has 0 radical (unpaired) electrons. The van der Waals surface area contributed by atoms with Crippen LogP contribution in [0.5, 0.6) is 0 Å². The first kappa shape index (κ1) is 16.2. The summed E-state index contributed by atoms with van der Waals surface area (Å²) in [6.07, 6.45) is 0. The van der Waals surface area contributed by atoms with Gasteiger partial charge in [0.2, 0.25) is 10.0 Å². The predicted octanol–water partition coefficient (Wildman–Crippen LogP) is 3.75. The summed E-state index contributed by atoms with van der Waals surface area (Å²) < 4.78 is 32.5. The van der Waals surface area contributed by atoms with Crippen molar-refractivity contribution in [3.8, 4) is 0 Å². The van der Waals surface area contributed by atoms with Crippen LogP contribution in [-0.4, -0.2) is 12.8 Å². The third kappa shape index (κ3) is 3.51. The van der Waals surface area contributed by atoms with Crippen LogP contribution in [0.2, 0.25) is 5.02 Å². The average Bonchev–Trinajstić information content (AvgIpc) is 2.70. The molecule has 0 saturated heterocycles. The van der Waals surface area contributed by atoms with Gasteiger partial charge >= 0.3 is 0 Å². The summed E-state index contributed by atoms with van der Waals surface area (Å²) >= 11 is 9.32. The Hall–Kier alpha value is -0.220. The lowest BCUT2D eigenvalue weighted by molar-refractivity contribution is 0.564. The van der Waals surface area contributed by atoms with E-state index >= 15 is 0 Å². The van der Waals surface area contributed by atoms with Crippen molar-refractivity contribution >= 4 is 55.7 Å². The van der Waals surface area contributed by atoms with Crippen molar-refractivity contribution in [3.63, 3.8) is 0 Å². The molecule has 4 nitrogen and oxygen atoms in total. The highest BCUT2D eigenvalue weighted by molar-refractivity contribution is 14.1. The SMILES string of the molecule is Cc1snc(C(C)NS(=O)(=O)c2ccc(Cl)cc2)c1I. The van der Waals surface area contributed by atoms with Gasteiger partial charge in [0.05, 0.1) is 20.2 Å². The third-order valence-corrected chi connectivity index (χ3v) is 6.98. The van der Waals surface area contributed by atoms with E-state index in [0.29, 0.717) is 5.02 Å². The van der Waals surface area contributed by atoms with Crippen LogP contribution in [0.4, 0.5) is 0 Å². The molecule has 1 heterocycles. The molecule has 1 unspecified atom stereocenters. The Kier molecular flexibility index (Phi) is 5.06. The van der Waals surface area contributed by atoms with Gasteiger partial charge in [-0.05, 0) is 72.2 Å². The summed E-state index contributed by atoms with van der Waals surface area (Å²) in [5.74, 6) is 0. The zero-order chi connectivity index (χ0) is 14.9. The molecule has 1 atom stereocenters. The van der Waals surface area contributed by atoms with Gasteiger partial charge in [-0.15, -0.1) is 0 Å². The van der Waals surface area contributed by atoms with E-state index in [1.807, 2.05) is 6.92 Å². The lowest BCUT2D eigenvalue weighted by Crippen LogP contribution is -2.27. The second-order valence-corrected chi connectivity index (χ2v) is 8.44. The molecule has 0 fully saturated rings. The fourth-order valence-corrected chi connectivity index (χ4v) is 4.67. The summed E-state index contributed by atoms with van der Waals surface area (Å²) in [5.41, 5.74) is 0.755. The fraction of sp³-hybridized carbons (Fsp3) is 0.250. The van der Waals surface area contributed by atoms with Crippen molar-refractivity contribution in [2.45, 2.75) is 24.8 Å². The number of halogens is 2. The smallest absolute Gasteiger partial charge is 0.207 e. The highest BCUT2D eigenvalue weighted by Crippen LogP contribution is 2.26. The van der Waals surface area contributed by atoms with Gasteiger partial charge in [-0.3, -0.25) is 0 Å². The van der Waals surface area contributed by atoms with Gasteiger partial charge in [-0.2, -0.15) is 4.37 Å². The molecule has 0 bridgehead atoms. The van der Waals surface area contributed by atoms with Gasteiger partial charge in [0, 0.05) is 9.90 Å². The van der Waals surface area contributed by atoms with Crippen LogP contribution in [-0.2, 0) is 10.0 Å². The lowest BCUT2D eigenvalue weighted by Gasteiger charge is -2.13. The maximum Gasteiger partial charge on any atom is 0.241 e. The third-order valence-electron chi connectivity index (χ3n) is 2.68. The number of aromatic nitrogens is 1. The molecule has 0 saturated carbocycles. The first-order valence-corrected chi connectivity index (χ1v) is 9.42. The Morgan fingerprint density at radius 3 is 2.45 bits per heavy atom. The summed E-state index contributed by atoms with van der Waals surface area (Å²) in [4.78, 5) is 1.27. The van der Waals surface area contributed by atoms with Gasteiger partial charge in [0.1, 0.15) is 0 Å². The summed E-state index contributed by atoms with van der Waals surface area (Å²) in [6, 6.07) is 5.69. The first-order valence-electron chi connectivity index (χ1n) is 5.71. The average molecular weight is 443 g/mol. The maximum atomic E-state index is 12.3. The molecule has 1 aromatic heterocycles. The Labute approximate surface area is 140 Å². The van der Waals surface area contributed by atoms with Crippen molar-refractivity contribution < 1.29 is 8.42 Å². The van der Waals surface area contributed by atoms with Crippen molar-refractivity contribution in [2.75, 3.05) is 0 Å². The van der Waals surface area contributed by atoms with Gasteiger partial charge < -0.3 is 0 Å². The zero-order valence-corrected chi connectivity index (χ0v) is 15.3. The lowest BCUT2D eigenvalue weighted by atomic mass is 10.2. The van der Waals surface area contributed by atoms with Crippen LogP contribution in [0.15, 0.2) is 29.2 Å².